The van der Waals surface area contributed by atoms with Gasteiger partial charge < -0.3 is 50.3 Å². The normalized spacial score (nSPS) is 22.3. The van der Waals surface area contributed by atoms with Gasteiger partial charge in [-0.2, -0.15) is 19.9 Å². The second-order valence-electron chi connectivity index (χ2n) is 22.5. The van der Waals surface area contributed by atoms with Crippen molar-refractivity contribution in [2.24, 2.45) is 0 Å². The predicted octanol–water partition coefficient (Wildman–Crippen LogP) is 8.05. The first-order chi connectivity index (χ1) is 40.5. The minimum Gasteiger partial charge on any atom is -0.508 e. The fraction of sp³-hybridized carbons (Fsp3) is 0.377. The molecule has 18 nitrogen and oxygen atoms in total. The Morgan fingerprint density at radius 1 is 0.798 bits per heavy atom. The van der Waals surface area contributed by atoms with Crippen LogP contribution in [0, 0.1) is 48.0 Å². The Hall–Kier alpha value is -8.61. The van der Waals surface area contributed by atoms with E-state index < -0.39 is 86.4 Å². The summed E-state index contributed by atoms with van der Waals surface area (Å²) in [7, 11) is 1.98. The van der Waals surface area contributed by atoms with Crippen molar-refractivity contribution in [1.82, 2.24) is 45.0 Å². The van der Waals surface area contributed by atoms with Gasteiger partial charge in [0, 0.05) is 46.9 Å². The molecule has 5 aliphatic heterocycles. The summed E-state index contributed by atoms with van der Waals surface area (Å²) in [5, 5.41) is 31.9. The number of ether oxygens (including phenoxy) is 3. The molecule has 0 aliphatic carbocycles. The second kappa shape index (κ2) is 21.2. The van der Waals surface area contributed by atoms with Crippen LogP contribution in [0.4, 0.5) is 33.6 Å². The minimum atomic E-state index is -1.72. The van der Waals surface area contributed by atoms with E-state index in [4.69, 9.17) is 27.1 Å². The molecule has 432 valence electrons. The number of H-pyrrole nitrogens is 2. The summed E-state index contributed by atoms with van der Waals surface area (Å²) >= 11 is 0. The van der Waals surface area contributed by atoms with E-state index in [1.165, 1.54) is 18.2 Å². The van der Waals surface area contributed by atoms with E-state index in [-0.39, 0.29) is 127 Å². The summed E-state index contributed by atoms with van der Waals surface area (Å²) < 4.78 is 103. The Morgan fingerprint density at radius 3 is 2.10 bits per heavy atom. The SMILES string of the molecule is C#Cc1c(F)ccc2cc(O)cc(-c3[nH]c(=O)c4c(NC5CCCNC5)nc(OC[C@@]56CCCN5C(c5cc(F)c(C#C)c7c(-c8[nH]c(=O)c9c(NC%10COC%10)nc(O[C@@H](C)[C@@H]%10CCCN%10C)nc9c8F)cc(O)cc57)[C@H](F)C6)nc4c3F)c12. The van der Waals surface area contributed by atoms with Crippen LogP contribution in [0.3, 0.4) is 0 Å². The first-order valence-corrected chi connectivity index (χ1v) is 27.9. The number of nitrogens with one attached hydrogen (secondary N) is 5. The Morgan fingerprint density at radius 2 is 1.45 bits per heavy atom. The highest BCUT2D eigenvalue weighted by Crippen LogP contribution is 2.53. The standard InChI is InChI=1S/C61H56F5N11O7/c1-5-34-40(62)13-12-29-18-32(78)20-38(44(29)34)50-48(65)52-46(57(80)70-50)55(68-30-10-7-15-67-24-30)74-59(72-52)83-27-61-14-9-17-77(61)54(42(64)23-61)37-22-41(63)35(6-2)45-36(37)19-33(79)21-39(45)51-49(66)53-47(58(81)71-51)56(69-31-25-82-26-31)75-60(73-53)84-28(3)43-11-8-16-76(43)4/h1-2,12-13,18-22,28,30-31,42-43,54,67,78-79H,7-11,14-17,23-27H2,3-4H3,(H,70,80)(H,71,81)(H,68,72,74)(H,69,73,75)/t28-,30?,42+,43-,54?,61-/m0/s1. The molecule has 6 atom stereocenters. The van der Waals surface area contributed by atoms with Gasteiger partial charge in [-0.05, 0) is 125 Å². The van der Waals surface area contributed by atoms with Crippen LogP contribution in [0.25, 0.3) is 65.9 Å². The molecule has 2 unspecified atom stereocenters. The number of benzene rings is 4. The van der Waals surface area contributed by atoms with Gasteiger partial charge in [0.05, 0.1) is 53.4 Å². The first-order valence-electron chi connectivity index (χ1n) is 27.9. The Labute approximate surface area is 476 Å². The quantitative estimate of drug-likeness (QED) is 0.0428. The van der Waals surface area contributed by atoms with Crippen molar-refractivity contribution < 1.29 is 46.4 Å². The van der Waals surface area contributed by atoms with Gasteiger partial charge in [0.25, 0.3) is 11.1 Å². The number of hydrogen-bond acceptors (Lipinski definition) is 16. The molecule has 5 fully saturated rings. The number of likely N-dealkylation sites (N-methyl/N-ethyl adjacent to an activating group) is 1. The molecule has 23 heteroatoms. The average molecular weight is 1150 g/mol. The number of nitrogens with zero attached hydrogens (tertiary/aromatic N) is 6. The minimum absolute atomic E-state index is 0.00350. The largest absolute Gasteiger partial charge is 0.508 e. The topological polar surface area (TPSA) is 228 Å². The molecule has 0 bridgehead atoms. The van der Waals surface area contributed by atoms with E-state index in [1.807, 2.05) is 18.9 Å². The van der Waals surface area contributed by atoms with E-state index in [0.717, 1.165) is 56.6 Å². The number of alkyl halides is 1. The highest BCUT2D eigenvalue weighted by molar-refractivity contribution is 6.05. The second-order valence-corrected chi connectivity index (χ2v) is 22.5. The van der Waals surface area contributed by atoms with Crippen LogP contribution in [0.2, 0.25) is 0 Å². The van der Waals surface area contributed by atoms with Crippen LogP contribution in [-0.4, -0.2) is 139 Å². The lowest BCUT2D eigenvalue weighted by atomic mass is 9.88. The molecule has 13 rings (SSSR count). The zero-order chi connectivity index (χ0) is 58.5. The molecule has 5 saturated heterocycles. The van der Waals surface area contributed by atoms with Crippen LogP contribution in [0.15, 0.2) is 52.1 Å². The lowest BCUT2D eigenvalue weighted by molar-refractivity contribution is 0.0209. The maximum absolute atomic E-state index is 17.7. The van der Waals surface area contributed by atoms with Gasteiger partial charge >= 0.3 is 12.0 Å². The maximum Gasteiger partial charge on any atom is 0.319 e. The number of fused-ring (bicyclic) bond motifs is 5. The van der Waals surface area contributed by atoms with Crippen molar-refractivity contribution in [2.75, 3.05) is 63.7 Å². The molecule has 0 saturated carbocycles. The summed E-state index contributed by atoms with van der Waals surface area (Å²) in [4.78, 5) is 55.8. The molecule has 5 aliphatic rings. The number of hydrogen-bond donors (Lipinski definition) is 7. The molecule has 84 heavy (non-hydrogen) atoms. The molecular weight excluding hydrogens is 1090 g/mol. The molecule has 0 amide bonds. The summed E-state index contributed by atoms with van der Waals surface area (Å²) in [5.41, 5.74) is -5.45. The van der Waals surface area contributed by atoms with Crippen LogP contribution in [0.5, 0.6) is 23.5 Å². The number of anilines is 2. The summed E-state index contributed by atoms with van der Waals surface area (Å²) in [6.07, 6.45) is 13.6. The number of aromatic amines is 2. The fourth-order valence-corrected chi connectivity index (χ4v) is 13.4. The van der Waals surface area contributed by atoms with Crippen LogP contribution < -0.4 is 36.5 Å². The lowest BCUT2D eigenvalue weighted by Gasteiger charge is -2.35. The van der Waals surface area contributed by atoms with E-state index >= 15 is 22.0 Å². The number of rotatable bonds is 13. The van der Waals surface area contributed by atoms with E-state index in [0.29, 0.717) is 39.0 Å². The van der Waals surface area contributed by atoms with E-state index in [9.17, 15) is 19.8 Å². The zero-order valence-corrected chi connectivity index (χ0v) is 45.6. The number of likely N-dealkylation sites (tertiary alicyclic amines) is 1. The molecule has 0 spiro atoms. The van der Waals surface area contributed by atoms with Crippen molar-refractivity contribution in [3.63, 3.8) is 0 Å². The highest BCUT2D eigenvalue weighted by Gasteiger charge is 2.56. The van der Waals surface area contributed by atoms with Crippen molar-refractivity contribution in [3.05, 3.63) is 103 Å². The molecule has 8 aromatic rings. The van der Waals surface area contributed by atoms with Crippen molar-refractivity contribution in [1.29, 1.82) is 0 Å². The third kappa shape index (κ3) is 9.21. The number of pyridine rings is 2. The van der Waals surface area contributed by atoms with Crippen molar-refractivity contribution in [3.8, 4) is 70.7 Å². The van der Waals surface area contributed by atoms with Gasteiger partial charge in [-0.1, -0.05) is 17.9 Å². The Kier molecular flexibility index (Phi) is 13.8. The number of terminal acetylenes is 2. The number of piperidine rings is 1. The number of phenols is 2. The van der Waals surface area contributed by atoms with Crippen molar-refractivity contribution in [2.45, 2.75) is 93.9 Å². The molecular formula is C61H56F5N11O7. The molecule has 0 radical (unpaired) electrons. The summed E-state index contributed by atoms with van der Waals surface area (Å²) in [5.74, 6) is -0.0253. The molecule has 4 aromatic carbocycles. The number of halogens is 5. The van der Waals surface area contributed by atoms with Gasteiger partial charge in [-0.3, -0.25) is 19.4 Å². The Balaban J connectivity index is 0.890. The molecule has 4 aromatic heterocycles. The molecule has 9 heterocycles. The van der Waals surface area contributed by atoms with Gasteiger partial charge in [0.15, 0.2) is 11.6 Å². The Bertz CT molecular complexity index is 4260. The predicted molar refractivity (Wildman–Crippen MR) is 305 cm³/mol. The third-order valence-electron chi connectivity index (χ3n) is 17.4. The smallest absolute Gasteiger partial charge is 0.319 e. The monoisotopic (exact) mass is 1150 g/mol. The van der Waals surface area contributed by atoms with Gasteiger partial charge in [0.1, 0.15) is 75.5 Å². The fourth-order valence-electron chi connectivity index (χ4n) is 13.4. The average Bonchev–Trinajstić information content (AvgIpc) is 1.41. The van der Waals surface area contributed by atoms with Gasteiger partial charge in [0.2, 0.25) is 0 Å². The molecule has 7 N–H and O–H groups in total. The van der Waals surface area contributed by atoms with Gasteiger partial charge in [-0.25, -0.2) is 22.0 Å². The van der Waals surface area contributed by atoms with Gasteiger partial charge in [-0.15, -0.1) is 12.8 Å². The van der Waals surface area contributed by atoms with Crippen molar-refractivity contribution >= 4 is 55.0 Å². The number of aromatic hydroxyl groups is 2. The van der Waals surface area contributed by atoms with Crippen LogP contribution in [-0.2, 0) is 4.74 Å². The van der Waals surface area contributed by atoms with E-state index in [2.05, 4.69) is 62.6 Å². The lowest BCUT2D eigenvalue weighted by Crippen LogP contribution is -2.44. The number of phenolic OH excluding ortho intramolecular Hbond substituents is 2. The summed E-state index contributed by atoms with van der Waals surface area (Å²) in [6.45, 7) is 4.57. The first kappa shape index (κ1) is 54.6. The zero-order valence-electron chi connectivity index (χ0n) is 45.6. The summed E-state index contributed by atoms with van der Waals surface area (Å²) in [6, 6.07) is 6.21. The number of aromatic nitrogens is 6. The van der Waals surface area contributed by atoms with Crippen LogP contribution >= 0.6 is 0 Å². The highest BCUT2D eigenvalue weighted by atomic mass is 19.1. The van der Waals surface area contributed by atoms with Crippen LogP contribution in [0.1, 0.15) is 74.6 Å². The van der Waals surface area contributed by atoms with E-state index in [1.54, 1.807) is 0 Å². The third-order valence-corrected chi connectivity index (χ3v) is 17.4. The maximum atomic E-state index is 17.7.